The summed E-state index contributed by atoms with van der Waals surface area (Å²) in [6.07, 6.45) is 20.3. The number of rotatable bonds is 8. The van der Waals surface area contributed by atoms with Gasteiger partial charge in [-0.2, -0.15) is 0 Å². The number of likely N-dealkylation sites (tertiary alicyclic amines) is 1. The minimum absolute atomic E-state index is 0.270. The molecule has 1 aromatic carbocycles. The van der Waals surface area contributed by atoms with Crippen LogP contribution in [0.5, 0.6) is 0 Å². The lowest BCUT2D eigenvalue weighted by atomic mass is 9.82. The largest absolute Gasteiger partial charge is 0.303 e. The summed E-state index contributed by atoms with van der Waals surface area (Å²) in [6, 6.07) is 6.15. The van der Waals surface area contributed by atoms with Crippen molar-refractivity contribution in [1.29, 1.82) is 0 Å². The third kappa shape index (κ3) is 5.91. The molecule has 4 rings (SSSR count). The first-order chi connectivity index (χ1) is 14.8. The van der Waals surface area contributed by atoms with Crippen molar-refractivity contribution < 1.29 is 4.79 Å². The first-order valence-corrected chi connectivity index (χ1v) is 12.4. The maximum Gasteiger partial charge on any atom is 0.162 e. The quantitative estimate of drug-likeness (QED) is 0.344. The van der Waals surface area contributed by atoms with E-state index in [0.717, 1.165) is 36.4 Å². The van der Waals surface area contributed by atoms with E-state index in [1.165, 1.54) is 88.6 Å². The predicted molar refractivity (Wildman–Crippen MR) is 127 cm³/mol. The van der Waals surface area contributed by atoms with E-state index in [-0.39, 0.29) is 5.78 Å². The molecule has 162 valence electrons. The van der Waals surface area contributed by atoms with Crippen LogP contribution in [0.25, 0.3) is 6.08 Å². The average molecular weight is 407 g/mol. The van der Waals surface area contributed by atoms with E-state index in [1.54, 1.807) is 0 Å². The Labute approximate surface area is 182 Å². The van der Waals surface area contributed by atoms with E-state index >= 15 is 0 Å². The zero-order valence-corrected chi connectivity index (χ0v) is 18.6. The van der Waals surface area contributed by atoms with Gasteiger partial charge in [0.2, 0.25) is 0 Å². The second-order valence-corrected chi connectivity index (χ2v) is 9.48. The number of nitrogens with zero attached hydrogens (tertiary/aromatic N) is 2. The Kier molecular flexibility index (Phi) is 7.91. The molecule has 2 aliphatic heterocycles. The molecule has 30 heavy (non-hydrogen) atoms. The average Bonchev–Trinajstić information content (AvgIpc) is 3.02. The van der Waals surface area contributed by atoms with Crippen molar-refractivity contribution in [3.05, 3.63) is 34.9 Å². The van der Waals surface area contributed by atoms with Gasteiger partial charge in [-0.1, -0.05) is 55.9 Å². The van der Waals surface area contributed by atoms with Gasteiger partial charge in [0.15, 0.2) is 5.78 Å². The molecule has 3 heteroatoms. The summed E-state index contributed by atoms with van der Waals surface area (Å²) in [4.78, 5) is 20.0. The number of hydrogen-bond donors (Lipinski definition) is 0. The van der Waals surface area contributed by atoms with Crippen LogP contribution in [0.4, 0.5) is 5.69 Å². The van der Waals surface area contributed by atoms with Crippen molar-refractivity contribution in [1.82, 2.24) is 4.90 Å². The van der Waals surface area contributed by atoms with Crippen molar-refractivity contribution in [2.75, 3.05) is 19.6 Å². The lowest BCUT2D eigenvalue weighted by Gasteiger charge is -2.26. The van der Waals surface area contributed by atoms with Gasteiger partial charge in [-0.3, -0.25) is 9.79 Å². The van der Waals surface area contributed by atoms with Crippen LogP contribution in [0.15, 0.2) is 28.8 Å². The Balaban J connectivity index is 1.28. The van der Waals surface area contributed by atoms with Crippen molar-refractivity contribution >= 4 is 23.8 Å². The molecule has 0 N–H and O–H groups in total. The molecule has 0 aromatic heterocycles. The smallest absolute Gasteiger partial charge is 0.162 e. The highest BCUT2D eigenvalue weighted by molar-refractivity contribution is 5.97. The third-order valence-electron chi connectivity index (χ3n) is 7.21. The molecule has 3 aliphatic rings. The number of fused-ring (bicyclic) bond motifs is 1. The molecule has 3 nitrogen and oxygen atoms in total. The summed E-state index contributed by atoms with van der Waals surface area (Å²) in [5, 5.41) is 0. The van der Waals surface area contributed by atoms with Gasteiger partial charge in [0.1, 0.15) is 0 Å². The molecule has 0 spiro atoms. The van der Waals surface area contributed by atoms with Gasteiger partial charge >= 0.3 is 0 Å². The molecule has 0 amide bonds. The minimum atomic E-state index is 0.270. The number of hydrogen-bond acceptors (Lipinski definition) is 3. The fourth-order valence-corrected chi connectivity index (χ4v) is 5.34. The van der Waals surface area contributed by atoms with Crippen molar-refractivity contribution in [2.45, 2.75) is 83.5 Å². The number of unbranched alkanes of at least 4 members (excludes halogenated alkanes) is 2. The summed E-state index contributed by atoms with van der Waals surface area (Å²) in [5.74, 6) is 0.995. The zero-order chi connectivity index (χ0) is 20.6. The lowest BCUT2D eigenvalue weighted by Crippen LogP contribution is -2.30. The van der Waals surface area contributed by atoms with E-state index in [2.05, 4.69) is 23.3 Å². The lowest BCUT2D eigenvalue weighted by molar-refractivity contribution is 0.0978. The minimum Gasteiger partial charge on any atom is -0.303 e. The Morgan fingerprint density at radius 1 is 0.967 bits per heavy atom. The number of allylic oxidation sites excluding steroid dienone is 1. The molecular formula is C27H38N2O. The SMILES string of the molecule is O=C(CCCCCN1CCCCC1)c1ccc2c(c1)N=CCC(C1CCCCC1)=C2. The number of ketones is 1. The Morgan fingerprint density at radius 2 is 1.77 bits per heavy atom. The second kappa shape index (κ2) is 11.0. The number of carbonyl (C=O) groups excluding carboxylic acids is 1. The third-order valence-corrected chi connectivity index (χ3v) is 7.21. The summed E-state index contributed by atoms with van der Waals surface area (Å²) >= 11 is 0. The van der Waals surface area contributed by atoms with Gasteiger partial charge < -0.3 is 4.90 Å². The van der Waals surface area contributed by atoms with E-state index in [9.17, 15) is 4.79 Å². The maximum atomic E-state index is 12.7. The maximum absolute atomic E-state index is 12.7. The number of aliphatic imine (C=N–C) groups is 1. The van der Waals surface area contributed by atoms with Crippen molar-refractivity contribution in [3.63, 3.8) is 0 Å². The fraction of sp³-hybridized carbons (Fsp3) is 0.630. The molecule has 1 aromatic rings. The number of piperidine rings is 1. The molecule has 1 saturated carbocycles. The molecule has 2 heterocycles. The van der Waals surface area contributed by atoms with Crippen LogP contribution in [-0.4, -0.2) is 36.5 Å². The van der Waals surface area contributed by atoms with Crippen LogP contribution in [-0.2, 0) is 0 Å². The van der Waals surface area contributed by atoms with E-state index < -0.39 is 0 Å². The van der Waals surface area contributed by atoms with Crippen LogP contribution in [0.1, 0.15) is 99.4 Å². The van der Waals surface area contributed by atoms with Crippen LogP contribution in [0, 0.1) is 5.92 Å². The molecule has 1 saturated heterocycles. The standard InChI is InChI=1S/C27H38N2O/c30-27(12-6-2-7-17-29-18-8-3-9-19-29)25-14-13-24-20-23(15-16-28-26(24)21-25)22-10-4-1-5-11-22/h13-14,16,20-22H,1-12,15,17-19H2. The van der Waals surface area contributed by atoms with Gasteiger partial charge in [-0.05, 0) is 70.1 Å². The molecule has 0 unspecified atom stereocenters. The van der Waals surface area contributed by atoms with Gasteiger partial charge in [-0.25, -0.2) is 0 Å². The topological polar surface area (TPSA) is 32.7 Å². The van der Waals surface area contributed by atoms with Crippen molar-refractivity contribution in [3.8, 4) is 0 Å². The highest BCUT2D eigenvalue weighted by atomic mass is 16.1. The number of benzene rings is 1. The van der Waals surface area contributed by atoms with Crippen LogP contribution in [0.2, 0.25) is 0 Å². The van der Waals surface area contributed by atoms with Crippen LogP contribution < -0.4 is 0 Å². The fourth-order valence-electron chi connectivity index (χ4n) is 5.34. The monoisotopic (exact) mass is 406 g/mol. The Hall–Kier alpha value is -1.74. The first kappa shape index (κ1) is 21.5. The van der Waals surface area contributed by atoms with E-state index in [0.29, 0.717) is 6.42 Å². The molecule has 2 fully saturated rings. The molecular weight excluding hydrogens is 368 g/mol. The summed E-state index contributed by atoms with van der Waals surface area (Å²) in [5.41, 5.74) is 4.51. The van der Waals surface area contributed by atoms with Gasteiger partial charge in [0, 0.05) is 30.2 Å². The van der Waals surface area contributed by atoms with E-state index in [1.807, 2.05) is 12.1 Å². The zero-order valence-electron chi connectivity index (χ0n) is 18.6. The Morgan fingerprint density at radius 3 is 2.60 bits per heavy atom. The first-order valence-electron chi connectivity index (χ1n) is 12.4. The number of carbonyl (C=O) groups is 1. The second-order valence-electron chi connectivity index (χ2n) is 9.48. The van der Waals surface area contributed by atoms with Crippen LogP contribution >= 0.6 is 0 Å². The van der Waals surface area contributed by atoms with Gasteiger partial charge in [0.05, 0.1) is 5.69 Å². The highest BCUT2D eigenvalue weighted by Crippen LogP contribution is 2.35. The van der Waals surface area contributed by atoms with Crippen LogP contribution in [0.3, 0.4) is 0 Å². The summed E-state index contributed by atoms with van der Waals surface area (Å²) in [6.45, 7) is 3.74. The normalized spacial score (nSPS) is 20.5. The molecule has 1 aliphatic carbocycles. The van der Waals surface area contributed by atoms with Gasteiger partial charge in [-0.15, -0.1) is 0 Å². The number of Topliss-reactive ketones (excluding diaryl/α,β-unsaturated/α-hetero) is 1. The molecule has 0 radical (unpaired) electrons. The molecule has 0 atom stereocenters. The Bertz CT molecular complexity index is 767. The predicted octanol–water partition coefficient (Wildman–Crippen LogP) is 6.99. The van der Waals surface area contributed by atoms with Gasteiger partial charge in [0.25, 0.3) is 0 Å². The van der Waals surface area contributed by atoms with Crippen molar-refractivity contribution in [2.24, 2.45) is 10.9 Å². The van der Waals surface area contributed by atoms with E-state index in [4.69, 9.17) is 4.99 Å². The molecule has 0 bridgehead atoms. The summed E-state index contributed by atoms with van der Waals surface area (Å²) < 4.78 is 0. The summed E-state index contributed by atoms with van der Waals surface area (Å²) in [7, 11) is 0. The highest BCUT2D eigenvalue weighted by Gasteiger charge is 2.19.